The molecule has 1 atom stereocenters. The van der Waals surface area contributed by atoms with Crippen molar-refractivity contribution < 1.29 is 0 Å². The Kier molecular flexibility index (Phi) is 3.50. The number of anilines is 2. The summed E-state index contributed by atoms with van der Waals surface area (Å²) in [5, 5.41) is 4.54. The number of halogens is 2. The van der Waals surface area contributed by atoms with Crippen LogP contribution in [0.2, 0.25) is 10.0 Å². The number of hydrogen-bond acceptors (Lipinski definition) is 2. The zero-order valence-corrected chi connectivity index (χ0v) is 10.8. The van der Waals surface area contributed by atoms with Crippen LogP contribution < -0.4 is 11.1 Å². The molecule has 0 radical (unpaired) electrons. The second-order valence-corrected chi connectivity index (χ2v) is 5.40. The minimum atomic E-state index is 0.395. The summed E-state index contributed by atoms with van der Waals surface area (Å²) in [6.07, 6.45) is 3.89. The molecule has 0 bridgehead atoms. The molecule has 1 fully saturated rings. The highest BCUT2D eigenvalue weighted by Crippen LogP contribution is 2.37. The van der Waals surface area contributed by atoms with Crippen LogP contribution in [0.3, 0.4) is 0 Å². The first-order valence-corrected chi connectivity index (χ1v) is 6.33. The van der Waals surface area contributed by atoms with Crippen LogP contribution in [0, 0.1) is 5.92 Å². The van der Waals surface area contributed by atoms with Gasteiger partial charge in [0.25, 0.3) is 0 Å². The molecule has 0 amide bonds. The largest absolute Gasteiger partial charge is 0.399 e. The van der Waals surface area contributed by atoms with Crippen molar-refractivity contribution in [2.45, 2.75) is 32.2 Å². The fraction of sp³-hybridized carbons (Fsp3) is 0.500. The molecule has 88 valence electrons. The molecule has 2 rings (SSSR count). The molecule has 0 aliphatic heterocycles. The maximum Gasteiger partial charge on any atom is 0.0722 e. The van der Waals surface area contributed by atoms with E-state index in [2.05, 4.69) is 12.2 Å². The monoisotopic (exact) mass is 258 g/mol. The minimum Gasteiger partial charge on any atom is -0.399 e. The Bertz CT molecular complexity index is 366. The fourth-order valence-corrected chi connectivity index (χ4v) is 2.50. The predicted molar refractivity (Wildman–Crippen MR) is 71.3 cm³/mol. The standard InChI is InChI=1S/C12H16Cl2N2/c1-7(4-8-2-3-8)16-12-10(13)5-9(15)6-11(12)14/h5-8,16H,2-4,15H2,1H3. The van der Waals surface area contributed by atoms with Crippen molar-refractivity contribution in [3.8, 4) is 0 Å². The van der Waals surface area contributed by atoms with E-state index >= 15 is 0 Å². The van der Waals surface area contributed by atoms with E-state index in [0.29, 0.717) is 21.8 Å². The molecular weight excluding hydrogens is 243 g/mol. The lowest BCUT2D eigenvalue weighted by molar-refractivity contribution is 0.642. The van der Waals surface area contributed by atoms with Crippen molar-refractivity contribution >= 4 is 34.6 Å². The van der Waals surface area contributed by atoms with Gasteiger partial charge in [-0.05, 0) is 31.4 Å². The number of hydrogen-bond donors (Lipinski definition) is 2. The van der Waals surface area contributed by atoms with Gasteiger partial charge in [0.2, 0.25) is 0 Å². The van der Waals surface area contributed by atoms with Crippen molar-refractivity contribution in [2.75, 3.05) is 11.1 Å². The third-order valence-corrected chi connectivity index (χ3v) is 3.44. The Morgan fingerprint density at radius 3 is 2.44 bits per heavy atom. The van der Waals surface area contributed by atoms with Crippen LogP contribution in [-0.4, -0.2) is 6.04 Å². The Balaban J connectivity index is 2.07. The molecular formula is C12H16Cl2N2. The number of benzene rings is 1. The van der Waals surface area contributed by atoms with Gasteiger partial charge in [-0.15, -0.1) is 0 Å². The van der Waals surface area contributed by atoms with Crippen LogP contribution in [0.1, 0.15) is 26.2 Å². The van der Waals surface area contributed by atoms with Crippen LogP contribution in [0.5, 0.6) is 0 Å². The number of nitrogens with one attached hydrogen (secondary N) is 1. The van der Waals surface area contributed by atoms with Gasteiger partial charge >= 0.3 is 0 Å². The molecule has 1 unspecified atom stereocenters. The summed E-state index contributed by atoms with van der Waals surface area (Å²) in [6.45, 7) is 2.15. The summed E-state index contributed by atoms with van der Waals surface area (Å²) in [7, 11) is 0. The molecule has 0 aromatic heterocycles. The van der Waals surface area contributed by atoms with Gasteiger partial charge in [-0.1, -0.05) is 36.0 Å². The van der Waals surface area contributed by atoms with E-state index < -0.39 is 0 Å². The van der Waals surface area contributed by atoms with Crippen LogP contribution >= 0.6 is 23.2 Å². The lowest BCUT2D eigenvalue weighted by Gasteiger charge is -2.17. The summed E-state index contributed by atoms with van der Waals surface area (Å²) in [5.41, 5.74) is 7.04. The minimum absolute atomic E-state index is 0.395. The van der Waals surface area contributed by atoms with Crippen LogP contribution in [0.15, 0.2) is 12.1 Å². The average molecular weight is 259 g/mol. The van der Waals surface area contributed by atoms with Crippen LogP contribution in [0.4, 0.5) is 11.4 Å². The lowest BCUT2D eigenvalue weighted by Crippen LogP contribution is -2.16. The predicted octanol–water partition coefficient (Wildman–Crippen LogP) is 4.18. The van der Waals surface area contributed by atoms with E-state index in [4.69, 9.17) is 28.9 Å². The molecule has 1 aromatic carbocycles. The summed E-state index contributed by atoms with van der Waals surface area (Å²) < 4.78 is 0. The summed E-state index contributed by atoms with van der Waals surface area (Å²) in [6, 6.07) is 3.84. The van der Waals surface area contributed by atoms with Crippen molar-refractivity contribution in [2.24, 2.45) is 5.92 Å². The van der Waals surface area contributed by atoms with E-state index in [-0.39, 0.29) is 0 Å². The first kappa shape index (κ1) is 11.9. The van der Waals surface area contributed by atoms with Gasteiger partial charge in [-0.3, -0.25) is 0 Å². The number of nitrogens with two attached hydrogens (primary N) is 1. The zero-order valence-electron chi connectivity index (χ0n) is 9.26. The van der Waals surface area contributed by atoms with Gasteiger partial charge in [0, 0.05) is 11.7 Å². The molecule has 0 heterocycles. The second-order valence-electron chi connectivity index (χ2n) is 4.58. The zero-order chi connectivity index (χ0) is 11.7. The molecule has 0 spiro atoms. The molecule has 1 saturated carbocycles. The van der Waals surface area contributed by atoms with Gasteiger partial charge in [0.05, 0.1) is 15.7 Å². The number of nitrogen functional groups attached to an aromatic ring is 1. The quantitative estimate of drug-likeness (QED) is 0.796. The maximum atomic E-state index is 6.10. The van der Waals surface area contributed by atoms with Gasteiger partial charge in [0.1, 0.15) is 0 Å². The maximum absolute atomic E-state index is 6.10. The highest BCUT2D eigenvalue weighted by atomic mass is 35.5. The van der Waals surface area contributed by atoms with E-state index in [9.17, 15) is 0 Å². The Morgan fingerprint density at radius 2 is 1.94 bits per heavy atom. The lowest BCUT2D eigenvalue weighted by atomic mass is 10.1. The Labute approximate surface area is 106 Å². The molecule has 4 heteroatoms. The van der Waals surface area contributed by atoms with E-state index in [1.165, 1.54) is 19.3 Å². The van der Waals surface area contributed by atoms with Crippen LogP contribution in [0.25, 0.3) is 0 Å². The van der Waals surface area contributed by atoms with E-state index in [1.807, 2.05) is 0 Å². The van der Waals surface area contributed by atoms with Crippen molar-refractivity contribution in [3.05, 3.63) is 22.2 Å². The molecule has 2 nitrogen and oxygen atoms in total. The molecule has 1 aliphatic rings. The van der Waals surface area contributed by atoms with E-state index in [0.717, 1.165) is 11.6 Å². The van der Waals surface area contributed by atoms with Crippen molar-refractivity contribution in [1.29, 1.82) is 0 Å². The van der Waals surface area contributed by atoms with Crippen molar-refractivity contribution in [1.82, 2.24) is 0 Å². The third kappa shape index (κ3) is 2.96. The number of rotatable bonds is 4. The molecule has 1 aliphatic carbocycles. The normalized spacial score (nSPS) is 17.2. The topological polar surface area (TPSA) is 38.0 Å². The first-order valence-electron chi connectivity index (χ1n) is 5.57. The van der Waals surface area contributed by atoms with Gasteiger partial charge < -0.3 is 11.1 Å². The summed E-state index contributed by atoms with van der Waals surface area (Å²) >= 11 is 12.2. The summed E-state index contributed by atoms with van der Waals surface area (Å²) in [5.74, 6) is 0.883. The molecule has 3 N–H and O–H groups in total. The van der Waals surface area contributed by atoms with Gasteiger partial charge in [-0.2, -0.15) is 0 Å². The Hall–Kier alpha value is -0.600. The molecule has 16 heavy (non-hydrogen) atoms. The molecule has 0 saturated heterocycles. The van der Waals surface area contributed by atoms with E-state index in [1.54, 1.807) is 12.1 Å². The smallest absolute Gasteiger partial charge is 0.0722 e. The highest BCUT2D eigenvalue weighted by Gasteiger charge is 2.24. The second kappa shape index (κ2) is 4.72. The van der Waals surface area contributed by atoms with Crippen molar-refractivity contribution in [3.63, 3.8) is 0 Å². The molecule has 1 aromatic rings. The van der Waals surface area contributed by atoms with Gasteiger partial charge in [0.15, 0.2) is 0 Å². The highest BCUT2D eigenvalue weighted by molar-refractivity contribution is 6.39. The van der Waals surface area contributed by atoms with Gasteiger partial charge in [-0.25, -0.2) is 0 Å². The Morgan fingerprint density at radius 1 is 1.38 bits per heavy atom. The van der Waals surface area contributed by atoms with Crippen LogP contribution in [-0.2, 0) is 0 Å². The SMILES string of the molecule is CC(CC1CC1)Nc1c(Cl)cc(N)cc1Cl. The average Bonchev–Trinajstić information content (AvgIpc) is 2.95. The summed E-state index contributed by atoms with van der Waals surface area (Å²) in [4.78, 5) is 0. The first-order chi connectivity index (χ1) is 7.56. The third-order valence-electron chi connectivity index (χ3n) is 2.84. The fourth-order valence-electron chi connectivity index (χ4n) is 1.89.